The van der Waals surface area contributed by atoms with Gasteiger partial charge in [0.05, 0.1) is 0 Å². The summed E-state index contributed by atoms with van der Waals surface area (Å²) in [4.78, 5) is 20.1. The van der Waals surface area contributed by atoms with Gasteiger partial charge in [-0.3, -0.25) is 4.99 Å². The molecule has 0 atom stereocenters. The molecule has 0 saturated carbocycles. The molecule has 2 N–H and O–H groups in total. The van der Waals surface area contributed by atoms with Crippen LogP contribution in [-0.4, -0.2) is 55.3 Å². The smallest absolute Gasteiger partial charge is 0.410 e. The molecule has 2 heterocycles. The SMILES string of the molecule is CCNC(=NCC1CCN(C(=O)OC(C)(C)C)CC1)NCCc1cccs1. The van der Waals surface area contributed by atoms with Crippen molar-refractivity contribution in [3.63, 3.8) is 0 Å². The van der Waals surface area contributed by atoms with E-state index in [1.54, 1.807) is 11.3 Å². The predicted molar refractivity (Wildman–Crippen MR) is 113 cm³/mol. The first-order valence-electron chi connectivity index (χ1n) is 9.90. The van der Waals surface area contributed by atoms with Crippen LogP contribution in [0.3, 0.4) is 0 Å². The van der Waals surface area contributed by atoms with Crippen molar-refractivity contribution >= 4 is 23.4 Å². The van der Waals surface area contributed by atoms with Gasteiger partial charge in [0.1, 0.15) is 5.60 Å². The van der Waals surface area contributed by atoms with E-state index >= 15 is 0 Å². The highest BCUT2D eigenvalue weighted by Gasteiger charge is 2.26. The van der Waals surface area contributed by atoms with E-state index in [0.29, 0.717) is 5.92 Å². The molecule has 0 bridgehead atoms. The van der Waals surface area contributed by atoms with E-state index in [1.165, 1.54) is 4.88 Å². The Balaban J connectivity index is 1.73. The van der Waals surface area contributed by atoms with Crippen molar-refractivity contribution < 1.29 is 9.53 Å². The Hall–Kier alpha value is -1.76. The number of carbonyl (C=O) groups is 1. The van der Waals surface area contributed by atoms with Crippen LogP contribution in [0.25, 0.3) is 0 Å². The maximum Gasteiger partial charge on any atom is 0.410 e. The molecule has 0 radical (unpaired) electrons. The van der Waals surface area contributed by atoms with Crippen LogP contribution in [-0.2, 0) is 11.2 Å². The molecule has 0 aromatic carbocycles. The van der Waals surface area contributed by atoms with Crippen LogP contribution in [0.15, 0.2) is 22.5 Å². The summed E-state index contributed by atoms with van der Waals surface area (Å²) >= 11 is 1.79. The summed E-state index contributed by atoms with van der Waals surface area (Å²) in [5.74, 6) is 1.39. The van der Waals surface area contributed by atoms with Crippen LogP contribution < -0.4 is 10.6 Å². The number of nitrogens with zero attached hydrogens (tertiary/aromatic N) is 2. The van der Waals surface area contributed by atoms with E-state index in [9.17, 15) is 4.79 Å². The normalized spacial score (nSPS) is 16.3. The number of carbonyl (C=O) groups excluding carboxylic acids is 1. The molecule has 7 heteroatoms. The molecule has 0 unspecified atom stereocenters. The van der Waals surface area contributed by atoms with Gasteiger partial charge < -0.3 is 20.3 Å². The highest BCUT2D eigenvalue weighted by Crippen LogP contribution is 2.20. The zero-order valence-electron chi connectivity index (χ0n) is 17.1. The third-order valence-electron chi connectivity index (χ3n) is 4.36. The van der Waals surface area contributed by atoms with Gasteiger partial charge in [0.15, 0.2) is 5.96 Å². The van der Waals surface area contributed by atoms with Gasteiger partial charge in [-0.15, -0.1) is 11.3 Å². The van der Waals surface area contributed by atoms with Crippen molar-refractivity contribution in [3.05, 3.63) is 22.4 Å². The summed E-state index contributed by atoms with van der Waals surface area (Å²) in [7, 11) is 0. The number of likely N-dealkylation sites (tertiary alicyclic amines) is 1. The number of piperidine rings is 1. The minimum absolute atomic E-state index is 0.201. The summed E-state index contributed by atoms with van der Waals surface area (Å²) in [5, 5.41) is 8.83. The molecule has 1 aliphatic heterocycles. The molecule has 1 aliphatic rings. The zero-order chi connectivity index (χ0) is 19.7. The fourth-order valence-electron chi connectivity index (χ4n) is 2.95. The average Bonchev–Trinajstić information content (AvgIpc) is 3.12. The third-order valence-corrected chi connectivity index (χ3v) is 5.30. The lowest BCUT2D eigenvalue weighted by atomic mass is 9.97. The van der Waals surface area contributed by atoms with Crippen molar-refractivity contribution in [1.82, 2.24) is 15.5 Å². The number of thiophene rings is 1. The lowest BCUT2D eigenvalue weighted by Gasteiger charge is -2.33. The molecule has 1 fully saturated rings. The number of amides is 1. The number of aliphatic imine (C=N–C) groups is 1. The van der Waals surface area contributed by atoms with Crippen LogP contribution in [0.5, 0.6) is 0 Å². The molecule has 1 amide bonds. The van der Waals surface area contributed by atoms with Crippen LogP contribution >= 0.6 is 11.3 Å². The second-order valence-electron chi connectivity index (χ2n) is 7.89. The van der Waals surface area contributed by atoms with E-state index in [4.69, 9.17) is 9.73 Å². The monoisotopic (exact) mass is 394 g/mol. The van der Waals surface area contributed by atoms with Crippen LogP contribution in [0.2, 0.25) is 0 Å². The summed E-state index contributed by atoms with van der Waals surface area (Å²) in [5.41, 5.74) is -0.437. The molecule has 152 valence electrons. The molecule has 2 rings (SSSR count). The van der Waals surface area contributed by atoms with Gasteiger partial charge >= 0.3 is 6.09 Å². The van der Waals surface area contributed by atoms with Crippen LogP contribution in [0.1, 0.15) is 45.4 Å². The van der Waals surface area contributed by atoms with Gasteiger partial charge in [-0.1, -0.05) is 6.07 Å². The Bertz CT molecular complexity index is 588. The average molecular weight is 395 g/mol. The maximum atomic E-state index is 12.1. The van der Waals surface area contributed by atoms with E-state index in [0.717, 1.165) is 57.9 Å². The van der Waals surface area contributed by atoms with Gasteiger partial charge in [-0.05, 0) is 64.3 Å². The summed E-state index contributed by atoms with van der Waals surface area (Å²) < 4.78 is 5.46. The van der Waals surface area contributed by atoms with E-state index in [-0.39, 0.29) is 6.09 Å². The van der Waals surface area contributed by atoms with Gasteiger partial charge in [0, 0.05) is 37.6 Å². The Morgan fingerprint density at radius 3 is 2.67 bits per heavy atom. The number of hydrogen-bond acceptors (Lipinski definition) is 4. The molecule has 0 aliphatic carbocycles. The molecule has 1 saturated heterocycles. The summed E-state index contributed by atoms with van der Waals surface area (Å²) in [6.07, 6.45) is 2.75. The number of guanidine groups is 1. The quantitative estimate of drug-likeness (QED) is 0.573. The molecule has 27 heavy (non-hydrogen) atoms. The van der Waals surface area contributed by atoms with Crippen LogP contribution in [0.4, 0.5) is 4.79 Å². The predicted octanol–water partition coefficient (Wildman–Crippen LogP) is 3.49. The number of ether oxygens (including phenoxy) is 1. The van der Waals surface area contributed by atoms with Gasteiger partial charge in [-0.2, -0.15) is 0 Å². The van der Waals surface area contributed by atoms with Gasteiger partial charge in [0.2, 0.25) is 0 Å². The fourth-order valence-corrected chi connectivity index (χ4v) is 3.65. The molecule has 6 nitrogen and oxygen atoms in total. The first-order valence-corrected chi connectivity index (χ1v) is 10.8. The van der Waals surface area contributed by atoms with Crippen molar-refractivity contribution in [1.29, 1.82) is 0 Å². The third kappa shape index (κ3) is 8.20. The first-order chi connectivity index (χ1) is 12.9. The van der Waals surface area contributed by atoms with Gasteiger partial charge in [0.25, 0.3) is 0 Å². The van der Waals surface area contributed by atoms with E-state index < -0.39 is 5.60 Å². The number of nitrogens with one attached hydrogen (secondary N) is 2. The minimum atomic E-state index is -0.437. The highest BCUT2D eigenvalue weighted by atomic mass is 32.1. The lowest BCUT2D eigenvalue weighted by molar-refractivity contribution is 0.0187. The highest BCUT2D eigenvalue weighted by molar-refractivity contribution is 7.09. The summed E-state index contributed by atoms with van der Waals surface area (Å²) in [6, 6.07) is 4.25. The van der Waals surface area contributed by atoms with Crippen LogP contribution in [0, 0.1) is 5.92 Å². The largest absolute Gasteiger partial charge is 0.444 e. The number of rotatable bonds is 6. The van der Waals surface area contributed by atoms with Crippen molar-refractivity contribution in [2.24, 2.45) is 10.9 Å². The maximum absolute atomic E-state index is 12.1. The first kappa shape index (κ1) is 21.5. The van der Waals surface area contributed by atoms with Gasteiger partial charge in [-0.25, -0.2) is 4.79 Å². The summed E-state index contributed by atoms with van der Waals surface area (Å²) in [6.45, 7) is 11.8. The molecule has 1 aromatic rings. The standard InChI is InChI=1S/C20H34N4O2S/c1-5-21-18(22-11-8-17-7-6-14-27-17)23-15-16-9-12-24(13-10-16)19(25)26-20(2,3)4/h6-7,14,16H,5,8-13,15H2,1-4H3,(H2,21,22,23). The lowest BCUT2D eigenvalue weighted by Crippen LogP contribution is -2.42. The van der Waals surface area contributed by atoms with E-state index in [1.807, 2.05) is 25.7 Å². The number of hydrogen-bond donors (Lipinski definition) is 2. The van der Waals surface area contributed by atoms with E-state index in [2.05, 4.69) is 35.1 Å². The Morgan fingerprint density at radius 1 is 1.33 bits per heavy atom. The second-order valence-corrected chi connectivity index (χ2v) is 8.92. The Labute approximate surface area is 167 Å². The van der Waals surface area contributed by atoms with Crippen molar-refractivity contribution in [3.8, 4) is 0 Å². The molecule has 0 spiro atoms. The van der Waals surface area contributed by atoms with Crippen molar-refractivity contribution in [2.75, 3.05) is 32.7 Å². The zero-order valence-corrected chi connectivity index (χ0v) is 17.9. The minimum Gasteiger partial charge on any atom is -0.444 e. The Morgan fingerprint density at radius 2 is 2.07 bits per heavy atom. The topological polar surface area (TPSA) is 66.0 Å². The molecular weight excluding hydrogens is 360 g/mol. The molecule has 1 aromatic heterocycles. The Kier molecular flexibility index (Phi) is 8.41. The van der Waals surface area contributed by atoms with Crippen molar-refractivity contribution in [2.45, 2.75) is 52.6 Å². The second kappa shape index (κ2) is 10.5. The molecular formula is C20H34N4O2S. The fraction of sp³-hybridized carbons (Fsp3) is 0.700.